The maximum absolute atomic E-state index is 3.59. The Morgan fingerprint density at radius 2 is 1.65 bits per heavy atom. The van der Waals surface area contributed by atoms with Crippen LogP contribution in [-0.4, -0.2) is 6.04 Å². The molecule has 1 aliphatic heterocycles. The second-order valence-electron chi connectivity index (χ2n) is 4.75. The molecule has 0 radical (unpaired) electrons. The van der Waals surface area contributed by atoms with Crippen LogP contribution >= 0.6 is 0 Å². The van der Waals surface area contributed by atoms with Crippen LogP contribution < -0.4 is 5.32 Å². The van der Waals surface area contributed by atoms with E-state index in [-0.39, 0.29) is 0 Å². The lowest BCUT2D eigenvalue weighted by Gasteiger charge is -2.15. The minimum absolute atomic E-state index is 0.437. The van der Waals surface area contributed by atoms with Crippen LogP contribution in [0.2, 0.25) is 0 Å². The van der Waals surface area contributed by atoms with Gasteiger partial charge in [-0.3, -0.25) is 0 Å². The van der Waals surface area contributed by atoms with Gasteiger partial charge in [-0.25, -0.2) is 0 Å². The predicted octanol–water partition coefficient (Wildman–Crippen LogP) is 3.84. The highest BCUT2D eigenvalue weighted by Gasteiger charge is 2.29. The summed E-state index contributed by atoms with van der Waals surface area (Å²) in [4.78, 5) is 0. The first kappa shape index (κ1) is 9.06. The molecule has 1 heteroatoms. The van der Waals surface area contributed by atoms with E-state index in [1.165, 1.54) is 22.0 Å². The van der Waals surface area contributed by atoms with Crippen molar-refractivity contribution in [2.75, 3.05) is 5.32 Å². The van der Waals surface area contributed by atoms with Crippen molar-refractivity contribution in [3.63, 3.8) is 0 Å². The van der Waals surface area contributed by atoms with Crippen molar-refractivity contribution in [2.45, 2.75) is 12.0 Å². The predicted molar refractivity (Wildman–Crippen MR) is 72.4 cm³/mol. The van der Waals surface area contributed by atoms with E-state index in [0.29, 0.717) is 12.0 Å². The summed E-state index contributed by atoms with van der Waals surface area (Å²) in [6.45, 7) is 0. The number of allylic oxidation sites excluding steroid dienone is 2. The molecule has 0 bridgehead atoms. The van der Waals surface area contributed by atoms with Crippen molar-refractivity contribution in [1.29, 1.82) is 0 Å². The summed E-state index contributed by atoms with van der Waals surface area (Å²) in [5.74, 6) is 0.500. The molecule has 17 heavy (non-hydrogen) atoms. The quantitative estimate of drug-likeness (QED) is 0.709. The summed E-state index contributed by atoms with van der Waals surface area (Å²) in [6, 6.07) is 13.6. The van der Waals surface area contributed by atoms with Gasteiger partial charge in [0.15, 0.2) is 0 Å². The number of hydrogen-bond acceptors (Lipinski definition) is 1. The highest BCUT2D eigenvalue weighted by Crippen LogP contribution is 2.40. The van der Waals surface area contributed by atoms with Crippen LogP contribution in [0.3, 0.4) is 0 Å². The number of nitrogens with one attached hydrogen (secondary N) is 1. The van der Waals surface area contributed by atoms with Crippen LogP contribution in [-0.2, 0) is 0 Å². The zero-order valence-corrected chi connectivity index (χ0v) is 9.43. The largest absolute Gasteiger partial charge is 0.378 e. The average molecular weight is 219 g/mol. The molecule has 0 saturated carbocycles. The van der Waals surface area contributed by atoms with Gasteiger partial charge in [-0.05, 0) is 28.5 Å². The Hall–Kier alpha value is -2.02. The van der Waals surface area contributed by atoms with Crippen molar-refractivity contribution in [2.24, 2.45) is 0 Å². The Morgan fingerprint density at radius 3 is 2.53 bits per heavy atom. The second kappa shape index (κ2) is 3.24. The SMILES string of the molecule is C1=CC2Nc3cc4ccccc4cc3C2C=C1. The third-order valence-electron chi connectivity index (χ3n) is 3.73. The first-order chi connectivity index (χ1) is 8.42. The molecular formula is C16H13N. The summed E-state index contributed by atoms with van der Waals surface area (Å²) in [5, 5.41) is 6.23. The van der Waals surface area contributed by atoms with Gasteiger partial charge in [0.2, 0.25) is 0 Å². The van der Waals surface area contributed by atoms with Gasteiger partial charge >= 0.3 is 0 Å². The Kier molecular flexibility index (Phi) is 1.72. The van der Waals surface area contributed by atoms with Crippen LogP contribution in [0, 0.1) is 0 Å². The molecule has 0 saturated heterocycles. The molecule has 2 aromatic rings. The fourth-order valence-corrected chi connectivity index (χ4v) is 2.88. The van der Waals surface area contributed by atoms with E-state index < -0.39 is 0 Å². The molecule has 0 amide bonds. The van der Waals surface area contributed by atoms with E-state index >= 15 is 0 Å². The van der Waals surface area contributed by atoms with Crippen molar-refractivity contribution < 1.29 is 0 Å². The average Bonchev–Trinajstić information content (AvgIpc) is 2.73. The number of fused-ring (bicyclic) bond motifs is 4. The lowest BCUT2D eigenvalue weighted by molar-refractivity contribution is 0.806. The summed E-state index contributed by atoms with van der Waals surface area (Å²) < 4.78 is 0. The number of hydrogen-bond donors (Lipinski definition) is 1. The Balaban J connectivity index is 1.96. The lowest BCUT2D eigenvalue weighted by atomic mass is 9.90. The summed E-state index contributed by atoms with van der Waals surface area (Å²) in [7, 11) is 0. The molecule has 4 rings (SSSR count). The second-order valence-corrected chi connectivity index (χ2v) is 4.75. The normalized spacial score (nSPS) is 24.5. The van der Waals surface area contributed by atoms with Crippen LogP contribution in [0.1, 0.15) is 11.5 Å². The van der Waals surface area contributed by atoms with Gasteiger partial charge in [0, 0.05) is 11.6 Å². The van der Waals surface area contributed by atoms with E-state index in [4.69, 9.17) is 0 Å². The maximum Gasteiger partial charge on any atom is 0.0551 e. The van der Waals surface area contributed by atoms with Gasteiger partial charge in [0.1, 0.15) is 0 Å². The molecule has 1 N–H and O–H groups in total. The number of rotatable bonds is 0. The van der Waals surface area contributed by atoms with E-state index in [2.05, 4.69) is 66.0 Å². The molecule has 0 fully saturated rings. The first-order valence-corrected chi connectivity index (χ1v) is 6.06. The standard InChI is InChI=1S/C16H13N/c1-2-6-12-10-16-14(9-11(12)5-1)13-7-3-4-8-15(13)17-16/h1-10,13,15,17H. The lowest BCUT2D eigenvalue weighted by Crippen LogP contribution is -2.17. The van der Waals surface area contributed by atoms with Crippen LogP contribution in [0.5, 0.6) is 0 Å². The summed E-state index contributed by atoms with van der Waals surface area (Å²) in [6.07, 6.45) is 8.81. The highest BCUT2D eigenvalue weighted by molar-refractivity contribution is 5.89. The number of anilines is 1. The van der Waals surface area contributed by atoms with Gasteiger partial charge in [0.05, 0.1) is 6.04 Å². The third-order valence-corrected chi connectivity index (χ3v) is 3.73. The summed E-state index contributed by atoms with van der Waals surface area (Å²) >= 11 is 0. The molecule has 0 spiro atoms. The molecule has 82 valence electrons. The zero-order valence-electron chi connectivity index (χ0n) is 9.43. The molecular weight excluding hydrogens is 206 g/mol. The van der Waals surface area contributed by atoms with E-state index in [0.717, 1.165) is 0 Å². The Bertz CT molecular complexity index is 652. The molecule has 1 nitrogen and oxygen atoms in total. The fraction of sp³-hybridized carbons (Fsp3) is 0.125. The topological polar surface area (TPSA) is 12.0 Å². The van der Waals surface area contributed by atoms with Crippen LogP contribution in [0.25, 0.3) is 10.8 Å². The van der Waals surface area contributed by atoms with E-state index in [1.807, 2.05) is 0 Å². The van der Waals surface area contributed by atoms with Gasteiger partial charge in [-0.15, -0.1) is 0 Å². The monoisotopic (exact) mass is 219 g/mol. The van der Waals surface area contributed by atoms with Gasteiger partial charge in [-0.2, -0.15) is 0 Å². The number of benzene rings is 2. The minimum Gasteiger partial charge on any atom is -0.378 e. The van der Waals surface area contributed by atoms with Crippen LogP contribution in [0.15, 0.2) is 60.7 Å². The van der Waals surface area contributed by atoms with Crippen molar-refractivity contribution in [3.05, 3.63) is 66.3 Å². The first-order valence-electron chi connectivity index (χ1n) is 6.06. The Labute approximate surface area is 100 Å². The van der Waals surface area contributed by atoms with Crippen LogP contribution in [0.4, 0.5) is 5.69 Å². The molecule has 2 atom stereocenters. The van der Waals surface area contributed by atoms with Gasteiger partial charge in [0.25, 0.3) is 0 Å². The van der Waals surface area contributed by atoms with E-state index in [9.17, 15) is 0 Å². The molecule has 1 aliphatic carbocycles. The van der Waals surface area contributed by atoms with Gasteiger partial charge < -0.3 is 5.32 Å². The smallest absolute Gasteiger partial charge is 0.0551 e. The Morgan fingerprint density at radius 1 is 0.882 bits per heavy atom. The van der Waals surface area contributed by atoms with E-state index in [1.54, 1.807) is 0 Å². The molecule has 2 aromatic carbocycles. The minimum atomic E-state index is 0.437. The highest BCUT2D eigenvalue weighted by atomic mass is 15.0. The zero-order chi connectivity index (χ0) is 11.2. The molecule has 1 heterocycles. The third kappa shape index (κ3) is 1.26. The van der Waals surface area contributed by atoms with Crippen molar-refractivity contribution in [1.82, 2.24) is 0 Å². The maximum atomic E-state index is 3.59. The molecule has 2 unspecified atom stereocenters. The fourth-order valence-electron chi connectivity index (χ4n) is 2.88. The molecule has 0 aromatic heterocycles. The molecule has 2 aliphatic rings. The summed E-state index contributed by atoms with van der Waals surface area (Å²) in [5.41, 5.74) is 2.71. The van der Waals surface area contributed by atoms with Gasteiger partial charge in [-0.1, -0.05) is 48.6 Å². The van der Waals surface area contributed by atoms with Crippen molar-refractivity contribution >= 4 is 16.5 Å². The van der Waals surface area contributed by atoms with Crippen molar-refractivity contribution in [3.8, 4) is 0 Å².